The van der Waals surface area contributed by atoms with E-state index in [1.165, 1.54) is 5.56 Å². The maximum atomic E-state index is 9.00. The van der Waals surface area contributed by atoms with Crippen LogP contribution in [0.4, 0.5) is 0 Å². The molecule has 1 aromatic heterocycles. The van der Waals surface area contributed by atoms with Gasteiger partial charge in [-0.2, -0.15) is 10.4 Å². The molecule has 0 aliphatic carbocycles. The van der Waals surface area contributed by atoms with E-state index in [4.69, 9.17) is 10.4 Å². The molecule has 2 rings (SSSR count). The van der Waals surface area contributed by atoms with Gasteiger partial charge in [0.15, 0.2) is 0 Å². The normalized spacial score (nSPS) is 11.3. The summed E-state index contributed by atoms with van der Waals surface area (Å²) in [5.41, 5.74) is 4.23. The Hall–Kier alpha value is -2.08. The first-order valence-electron chi connectivity index (χ1n) is 7.01. The van der Waals surface area contributed by atoms with Crippen molar-refractivity contribution in [3.05, 3.63) is 41.6 Å². The molecule has 0 radical (unpaired) electrons. The predicted molar refractivity (Wildman–Crippen MR) is 81.4 cm³/mol. The third-order valence-corrected chi connectivity index (χ3v) is 3.38. The zero-order valence-corrected chi connectivity index (χ0v) is 12.6. The van der Waals surface area contributed by atoms with Crippen LogP contribution in [-0.2, 0) is 18.4 Å². The standard InChI is InChI=1S/C17H21N3/c1-5-13-6-8-14(9-7-13)16-15(10-11-18)12-20(19-16)17(2,3)4/h6-9,12H,5,10H2,1-4H3. The summed E-state index contributed by atoms with van der Waals surface area (Å²) in [6.07, 6.45) is 3.41. The van der Waals surface area contributed by atoms with E-state index < -0.39 is 0 Å². The average molecular weight is 267 g/mol. The van der Waals surface area contributed by atoms with Gasteiger partial charge < -0.3 is 0 Å². The van der Waals surface area contributed by atoms with E-state index in [0.717, 1.165) is 23.2 Å². The highest BCUT2D eigenvalue weighted by Crippen LogP contribution is 2.26. The Kier molecular flexibility index (Phi) is 3.94. The van der Waals surface area contributed by atoms with Gasteiger partial charge in [-0.15, -0.1) is 0 Å². The topological polar surface area (TPSA) is 41.6 Å². The van der Waals surface area contributed by atoms with Crippen molar-refractivity contribution in [2.75, 3.05) is 0 Å². The summed E-state index contributed by atoms with van der Waals surface area (Å²) in [5.74, 6) is 0. The predicted octanol–water partition coefficient (Wildman–Crippen LogP) is 3.93. The molecule has 0 aliphatic heterocycles. The largest absolute Gasteiger partial charge is 0.267 e. The van der Waals surface area contributed by atoms with E-state index in [2.05, 4.69) is 58.0 Å². The first-order chi connectivity index (χ1) is 9.45. The van der Waals surface area contributed by atoms with Gasteiger partial charge in [-0.1, -0.05) is 31.2 Å². The third-order valence-electron chi connectivity index (χ3n) is 3.38. The second kappa shape index (κ2) is 5.50. The van der Waals surface area contributed by atoms with Gasteiger partial charge in [-0.25, -0.2) is 0 Å². The molecule has 0 aliphatic rings. The van der Waals surface area contributed by atoms with Gasteiger partial charge >= 0.3 is 0 Å². The number of aryl methyl sites for hydroxylation is 1. The first-order valence-corrected chi connectivity index (χ1v) is 7.01. The Morgan fingerprint density at radius 1 is 1.20 bits per heavy atom. The Morgan fingerprint density at radius 2 is 1.85 bits per heavy atom. The van der Waals surface area contributed by atoms with Crippen LogP contribution in [0.15, 0.2) is 30.5 Å². The Morgan fingerprint density at radius 3 is 2.35 bits per heavy atom. The Bertz CT molecular complexity index is 622. The number of hydrogen-bond acceptors (Lipinski definition) is 2. The molecule has 104 valence electrons. The summed E-state index contributed by atoms with van der Waals surface area (Å²) < 4.78 is 1.95. The molecular weight excluding hydrogens is 246 g/mol. The highest BCUT2D eigenvalue weighted by atomic mass is 15.3. The fraction of sp³-hybridized carbons (Fsp3) is 0.412. The number of nitrogens with zero attached hydrogens (tertiary/aromatic N) is 3. The van der Waals surface area contributed by atoms with Crippen molar-refractivity contribution in [2.45, 2.75) is 46.1 Å². The number of aromatic nitrogens is 2. The lowest BCUT2D eigenvalue weighted by atomic mass is 10.0. The summed E-state index contributed by atoms with van der Waals surface area (Å²) >= 11 is 0. The molecule has 3 heteroatoms. The average Bonchev–Trinajstić information content (AvgIpc) is 2.83. The fourth-order valence-electron chi connectivity index (χ4n) is 2.11. The van der Waals surface area contributed by atoms with E-state index in [-0.39, 0.29) is 5.54 Å². The van der Waals surface area contributed by atoms with E-state index in [0.29, 0.717) is 6.42 Å². The zero-order valence-electron chi connectivity index (χ0n) is 12.6. The van der Waals surface area contributed by atoms with Gasteiger partial charge in [0, 0.05) is 17.3 Å². The fourth-order valence-corrected chi connectivity index (χ4v) is 2.11. The monoisotopic (exact) mass is 267 g/mol. The lowest BCUT2D eigenvalue weighted by Gasteiger charge is -2.18. The number of nitriles is 1. The van der Waals surface area contributed by atoms with Crippen molar-refractivity contribution >= 4 is 0 Å². The number of rotatable bonds is 3. The second-order valence-corrected chi connectivity index (χ2v) is 6.00. The second-order valence-electron chi connectivity index (χ2n) is 6.00. The van der Waals surface area contributed by atoms with Crippen LogP contribution >= 0.6 is 0 Å². The highest BCUT2D eigenvalue weighted by molar-refractivity contribution is 5.63. The Balaban J connectivity index is 2.48. The van der Waals surface area contributed by atoms with Crippen LogP contribution in [0, 0.1) is 11.3 Å². The van der Waals surface area contributed by atoms with Crippen molar-refractivity contribution in [1.82, 2.24) is 9.78 Å². The van der Waals surface area contributed by atoms with Gasteiger partial charge in [0.05, 0.1) is 23.7 Å². The molecule has 0 bridgehead atoms. The molecule has 0 N–H and O–H groups in total. The van der Waals surface area contributed by atoms with Crippen LogP contribution in [0.1, 0.15) is 38.8 Å². The summed E-state index contributed by atoms with van der Waals surface area (Å²) in [4.78, 5) is 0. The van der Waals surface area contributed by atoms with Crippen LogP contribution in [-0.4, -0.2) is 9.78 Å². The lowest BCUT2D eigenvalue weighted by molar-refractivity contribution is 0.356. The first kappa shape index (κ1) is 14.3. The molecule has 0 unspecified atom stereocenters. The van der Waals surface area contributed by atoms with Crippen molar-refractivity contribution < 1.29 is 0 Å². The summed E-state index contributed by atoms with van der Waals surface area (Å²) in [5, 5.41) is 13.7. The summed E-state index contributed by atoms with van der Waals surface area (Å²) in [7, 11) is 0. The van der Waals surface area contributed by atoms with Crippen LogP contribution < -0.4 is 0 Å². The van der Waals surface area contributed by atoms with Gasteiger partial charge in [-0.05, 0) is 32.8 Å². The van der Waals surface area contributed by atoms with Crippen molar-refractivity contribution in [2.24, 2.45) is 0 Å². The van der Waals surface area contributed by atoms with E-state index in [1.54, 1.807) is 0 Å². The molecule has 1 heterocycles. The highest BCUT2D eigenvalue weighted by Gasteiger charge is 2.18. The molecule has 0 atom stereocenters. The van der Waals surface area contributed by atoms with Crippen LogP contribution in [0.25, 0.3) is 11.3 Å². The number of hydrogen-bond donors (Lipinski definition) is 0. The zero-order chi connectivity index (χ0) is 14.8. The van der Waals surface area contributed by atoms with Crippen LogP contribution in [0.2, 0.25) is 0 Å². The SMILES string of the molecule is CCc1ccc(-c2nn(C(C)(C)C)cc2CC#N)cc1. The molecule has 3 nitrogen and oxygen atoms in total. The molecule has 0 amide bonds. The molecule has 0 saturated carbocycles. The molecule has 0 fully saturated rings. The maximum absolute atomic E-state index is 9.00. The number of benzene rings is 1. The van der Waals surface area contributed by atoms with Gasteiger partial charge in [0.1, 0.15) is 0 Å². The molecule has 20 heavy (non-hydrogen) atoms. The van der Waals surface area contributed by atoms with Crippen molar-refractivity contribution in [1.29, 1.82) is 5.26 Å². The van der Waals surface area contributed by atoms with Crippen molar-refractivity contribution in [3.8, 4) is 17.3 Å². The Labute approximate surface area is 120 Å². The van der Waals surface area contributed by atoms with Crippen molar-refractivity contribution in [3.63, 3.8) is 0 Å². The van der Waals surface area contributed by atoms with Crippen LogP contribution in [0.3, 0.4) is 0 Å². The van der Waals surface area contributed by atoms with E-state index in [9.17, 15) is 0 Å². The minimum absolute atomic E-state index is 0.0776. The van der Waals surface area contributed by atoms with Gasteiger partial charge in [0.25, 0.3) is 0 Å². The minimum atomic E-state index is -0.0776. The van der Waals surface area contributed by atoms with Gasteiger partial charge in [-0.3, -0.25) is 4.68 Å². The molecular formula is C17H21N3. The lowest BCUT2D eigenvalue weighted by Crippen LogP contribution is -2.22. The van der Waals surface area contributed by atoms with Crippen LogP contribution in [0.5, 0.6) is 0 Å². The van der Waals surface area contributed by atoms with Gasteiger partial charge in [0.2, 0.25) is 0 Å². The summed E-state index contributed by atoms with van der Waals surface area (Å²) in [6.45, 7) is 8.48. The maximum Gasteiger partial charge on any atom is 0.0965 e. The molecule has 1 aromatic carbocycles. The molecule has 2 aromatic rings. The smallest absolute Gasteiger partial charge is 0.0965 e. The van der Waals surface area contributed by atoms with E-state index >= 15 is 0 Å². The minimum Gasteiger partial charge on any atom is -0.267 e. The quantitative estimate of drug-likeness (QED) is 0.845. The third kappa shape index (κ3) is 2.91. The summed E-state index contributed by atoms with van der Waals surface area (Å²) in [6, 6.07) is 10.7. The molecule has 0 saturated heterocycles. The molecule has 0 spiro atoms. The van der Waals surface area contributed by atoms with E-state index in [1.807, 2.05) is 10.9 Å².